The van der Waals surface area contributed by atoms with E-state index in [1.54, 1.807) is 0 Å². The van der Waals surface area contributed by atoms with Gasteiger partial charge in [0.15, 0.2) is 17.2 Å². The maximum Gasteiger partial charge on any atom is 0.185 e. The van der Waals surface area contributed by atoms with Crippen LogP contribution in [0.3, 0.4) is 0 Å². The Morgan fingerprint density at radius 2 is 1.90 bits per heavy atom. The molecular weight excluding hydrogens is 366 g/mol. The average molecular weight is 393 g/mol. The van der Waals surface area contributed by atoms with Gasteiger partial charge < -0.3 is 14.0 Å². The maximum atomic E-state index is 12.5. The van der Waals surface area contributed by atoms with Crippen molar-refractivity contribution >= 4 is 16.6 Å². The molecular formula is C24H27NO4. The van der Waals surface area contributed by atoms with Crippen LogP contribution in [0.1, 0.15) is 53.1 Å². The molecule has 1 aromatic heterocycles. The number of ether oxygens (including phenoxy) is 2. The molecule has 29 heavy (non-hydrogen) atoms. The number of fused-ring (bicyclic) bond motifs is 1. The van der Waals surface area contributed by atoms with Crippen LogP contribution in [0.15, 0.2) is 47.0 Å². The van der Waals surface area contributed by atoms with Crippen molar-refractivity contribution in [2.24, 2.45) is 5.92 Å². The first-order valence-corrected chi connectivity index (χ1v) is 10.3. The largest absolute Gasteiger partial charge is 0.381 e. The second-order valence-electron chi connectivity index (χ2n) is 7.77. The molecule has 0 aliphatic carbocycles. The summed E-state index contributed by atoms with van der Waals surface area (Å²) in [6, 6.07) is 14.6. The molecule has 152 valence electrons. The molecule has 0 atom stereocenters. The molecule has 1 aliphatic rings. The van der Waals surface area contributed by atoms with Crippen molar-refractivity contribution in [3.05, 3.63) is 65.0 Å². The van der Waals surface area contributed by atoms with E-state index in [2.05, 4.69) is 35.5 Å². The topological polar surface area (TPSA) is 61.6 Å². The molecule has 0 unspecified atom stereocenters. The minimum absolute atomic E-state index is 0.0542. The van der Waals surface area contributed by atoms with Crippen molar-refractivity contribution in [2.45, 2.75) is 45.8 Å². The van der Waals surface area contributed by atoms with Crippen LogP contribution >= 0.6 is 0 Å². The highest BCUT2D eigenvalue weighted by atomic mass is 16.5. The Balaban J connectivity index is 1.30. The Morgan fingerprint density at radius 3 is 2.72 bits per heavy atom. The first-order chi connectivity index (χ1) is 14.2. The fourth-order valence-corrected chi connectivity index (χ4v) is 3.84. The lowest BCUT2D eigenvalue weighted by Gasteiger charge is -2.21. The normalized spacial score (nSPS) is 15.1. The number of hydrogen-bond donors (Lipinski definition) is 0. The van der Waals surface area contributed by atoms with Crippen molar-refractivity contribution < 1.29 is 18.8 Å². The van der Waals surface area contributed by atoms with Gasteiger partial charge in [-0.1, -0.05) is 41.6 Å². The highest BCUT2D eigenvalue weighted by Gasteiger charge is 2.21. The van der Waals surface area contributed by atoms with E-state index >= 15 is 0 Å². The molecule has 2 heterocycles. The molecule has 0 radical (unpaired) electrons. The van der Waals surface area contributed by atoms with Gasteiger partial charge in [0.05, 0.1) is 6.61 Å². The third kappa shape index (κ3) is 4.92. The molecule has 5 nitrogen and oxygen atoms in total. The summed E-state index contributed by atoms with van der Waals surface area (Å²) < 4.78 is 16.6. The van der Waals surface area contributed by atoms with E-state index in [-0.39, 0.29) is 5.78 Å². The zero-order chi connectivity index (χ0) is 20.1. The molecule has 1 fully saturated rings. The van der Waals surface area contributed by atoms with Crippen molar-refractivity contribution in [3.63, 3.8) is 0 Å². The minimum atomic E-state index is 0.0542. The number of carbonyl (C=O) groups is 1. The number of rotatable bonds is 8. The first kappa shape index (κ1) is 19.8. The average Bonchev–Trinajstić information content (AvgIpc) is 3.13. The number of hydrogen-bond acceptors (Lipinski definition) is 5. The van der Waals surface area contributed by atoms with Crippen LogP contribution in [0, 0.1) is 12.8 Å². The highest BCUT2D eigenvalue weighted by molar-refractivity contribution is 5.95. The van der Waals surface area contributed by atoms with E-state index in [0.717, 1.165) is 43.6 Å². The van der Waals surface area contributed by atoms with Crippen molar-refractivity contribution in [1.82, 2.24) is 5.16 Å². The standard InChI is InChI=1S/C24H27NO4/c1-17-23(16-28-15-19-6-8-20-4-2-3-5-21(20)14-19)29-25-24(17)22(26)9-7-18-10-12-27-13-11-18/h2-6,8,14,18H,7,9-13,15-16H2,1H3. The predicted octanol–water partition coefficient (Wildman–Crippen LogP) is 5.24. The van der Waals surface area contributed by atoms with Gasteiger partial charge in [-0.2, -0.15) is 0 Å². The second kappa shape index (κ2) is 9.33. The molecule has 0 spiro atoms. The van der Waals surface area contributed by atoms with Crippen LogP contribution in [0.2, 0.25) is 0 Å². The van der Waals surface area contributed by atoms with Crippen LogP contribution < -0.4 is 0 Å². The van der Waals surface area contributed by atoms with Gasteiger partial charge in [-0.15, -0.1) is 0 Å². The molecule has 4 rings (SSSR count). The van der Waals surface area contributed by atoms with E-state index in [1.807, 2.05) is 19.1 Å². The summed E-state index contributed by atoms with van der Waals surface area (Å²) >= 11 is 0. The lowest BCUT2D eigenvalue weighted by molar-refractivity contribution is 0.0618. The van der Waals surface area contributed by atoms with E-state index in [9.17, 15) is 4.79 Å². The van der Waals surface area contributed by atoms with Gasteiger partial charge in [0.1, 0.15) is 6.61 Å². The van der Waals surface area contributed by atoms with Crippen LogP contribution in [0.4, 0.5) is 0 Å². The third-order valence-corrected chi connectivity index (χ3v) is 5.72. The second-order valence-corrected chi connectivity index (χ2v) is 7.77. The van der Waals surface area contributed by atoms with E-state index < -0.39 is 0 Å². The quantitative estimate of drug-likeness (QED) is 0.490. The fraction of sp³-hybridized carbons (Fsp3) is 0.417. The molecule has 3 aromatic rings. The predicted molar refractivity (Wildman–Crippen MR) is 111 cm³/mol. The Morgan fingerprint density at radius 1 is 1.10 bits per heavy atom. The van der Waals surface area contributed by atoms with Gasteiger partial charge >= 0.3 is 0 Å². The summed E-state index contributed by atoms with van der Waals surface area (Å²) in [4.78, 5) is 12.5. The smallest absolute Gasteiger partial charge is 0.185 e. The number of aromatic nitrogens is 1. The summed E-state index contributed by atoms with van der Waals surface area (Å²) in [5, 5.41) is 6.43. The van der Waals surface area contributed by atoms with Gasteiger partial charge in [-0.25, -0.2) is 0 Å². The fourth-order valence-electron chi connectivity index (χ4n) is 3.84. The minimum Gasteiger partial charge on any atom is -0.381 e. The molecule has 0 amide bonds. The lowest BCUT2D eigenvalue weighted by Crippen LogP contribution is -2.16. The van der Waals surface area contributed by atoms with Gasteiger partial charge in [0.25, 0.3) is 0 Å². The third-order valence-electron chi connectivity index (χ3n) is 5.72. The number of nitrogens with zero attached hydrogens (tertiary/aromatic N) is 1. The summed E-state index contributed by atoms with van der Waals surface area (Å²) in [6.07, 6.45) is 3.48. The van der Waals surface area contributed by atoms with Crippen LogP contribution in [-0.4, -0.2) is 24.2 Å². The number of benzene rings is 2. The highest BCUT2D eigenvalue weighted by Crippen LogP contribution is 2.23. The Bertz CT molecular complexity index is 972. The monoisotopic (exact) mass is 393 g/mol. The van der Waals surface area contributed by atoms with Crippen LogP contribution in [-0.2, 0) is 22.7 Å². The zero-order valence-electron chi connectivity index (χ0n) is 16.9. The summed E-state index contributed by atoms with van der Waals surface area (Å²) in [5.74, 6) is 1.25. The van der Waals surface area contributed by atoms with Crippen LogP contribution in [0.25, 0.3) is 10.8 Å². The van der Waals surface area contributed by atoms with Crippen molar-refractivity contribution in [1.29, 1.82) is 0 Å². The van der Waals surface area contributed by atoms with Gasteiger partial charge in [-0.05, 0) is 54.5 Å². The van der Waals surface area contributed by atoms with E-state index in [1.165, 1.54) is 10.8 Å². The molecule has 2 aromatic carbocycles. The van der Waals surface area contributed by atoms with E-state index in [0.29, 0.717) is 37.0 Å². The zero-order valence-corrected chi connectivity index (χ0v) is 16.9. The van der Waals surface area contributed by atoms with Crippen molar-refractivity contribution in [2.75, 3.05) is 13.2 Å². The van der Waals surface area contributed by atoms with Gasteiger partial charge in [0, 0.05) is 25.2 Å². The summed E-state index contributed by atoms with van der Waals surface area (Å²) in [5.41, 5.74) is 2.34. The molecule has 1 saturated heterocycles. The number of carbonyl (C=O) groups excluding carboxylic acids is 1. The van der Waals surface area contributed by atoms with Crippen molar-refractivity contribution in [3.8, 4) is 0 Å². The molecule has 0 N–H and O–H groups in total. The number of ketones is 1. The molecule has 0 saturated carbocycles. The molecule has 5 heteroatoms. The first-order valence-electron chi connectivity index (χ1n) is 10.3. The maximum absolute atomic E-state index is 12.5. The summed E-state index contributed by atoms with van der Waals surface area (Å²) in [6.45, 7) is 4.28. The SMILES string of the molecule is Cc1c(C(=O)CCC2CCOCC2)noc1COCc1ccc2ccccc2c1. The lowest BCUT2D eigenvalue weighted by atomic mass is 9.93. The van der Waals surface area contributed by atoms with Crippen LogP contribution in [0.5, 0.6) is 0 Å². The van der Waals surface area contributed by atoms with E-state index in [4.69, 9.17) is 14.0 Å². The molecule has 1 aliphatic heterocycles. The Labute approximate surface area is 171 Å². The Kier molecular flexibility index (Phi) is 6.37. The molecule has 0 bridgehead atoms. The van der Waals surface area contributed by atoms with Gasteiger partial charge in [0.2, 0.25) is 0 Å². The Hall–Kier alpha value is -2.50. The number of Topliss-reactive ketones (excluding diaryl/α,β-unsaturated/α-hetero) is 1. The summed E-state index contributed by atoms with van der Waals surface area (Å²) in [7, 11) is 0. The van der Waals surface area contributed by atoms with Gasteiger partial charge in [-0.3, -0.25) is 4.79 Å².